The molecule has 0 amide bonds. The summed E-state index contributed by atoms with van der Waals surface area (Å²) in [5.41, 5.74) is 4.23. The number of aryl methyl sites for hydroxylation is 1. The highest BCUT2D eigenvalue weighted by atomic mass is 15.0. The molecule has 2 unspecified atom stereocenters. The number of fused-ring (bicyclic) bond motifs is 1. The second-order valence-electron chi connectivity index (χ2n) is 5.81. The van der Waals surface area contributed by atoms with Gasteiger partial charge in [-0.15, -0.1) is 0 Å². The van der Waals surface area contributed by atoms with Gasteiger partial charge in [-0.2, -0.15) is 0 Å². The first-order valence-electron chi connectivity index (χ1n) is 7.57. The number of imidazole rings is 1. The van der Waals surface area contributed by atoms with E-state index < -0.39 is 0 Å². The average molecular weight is 269 g/mol. The van der Waals surface area contributed by atoms with E-state index in [4.69, 9.17) is 0 Å². The van der Waals surface area contributed by atoms with Crippen LogP contribution in [0.15, 0.2) is 36.8 Å². The number of rotatable bonds is 6. The molecule has 0 saturated heterocycles. The van der Waals surface area contributed by atoms with E-state index in [9.17, 15) is 0 Å². The summed E-state index contributed by atoms with van der Waals surface area (Å²) in [6, 6.07) is 9.19. The van der Waals surface area contributed by atoms with Crippen LogP contribution in [-0.4, -0.2) is 16.1 Å². The Morgan fingerprint density at radius 1 is 1.40 bits per heavy atom. The molecule has 0 spiro atoms. The first-order valence-corrected chi connectivity index (χ1v) is 7.57. The highest BCUT2D eigenvalue weighted by molar-refractivity contribution is 5.40. The zero-order valence-electron chi connectivity index (χ0n) is 12.3. The zero-order chi connectivity index (χ0) is 13.9. The van der Waals surface area contributed by atoms with Gasteiger partial charge in [0.2, 0.25) is 0 Å². The van der Waals surface area contributed by atoms with Crippen molar-refractivity contribution in [3.63, 3.8) is 0 Å². The molecule has 1 aromatic heterocycles. The molecule has 1 aliphatic carbocycles. The molecule has 2 atom stereocenters. The minimum atomic E-state index is 0.370. The van der Waals surface area contributed by atoms with Gasteiger partial charge < -0.3 is 9.88 Å². The van der Waals surface area contributed by atoms with Crippen molar-refractivity contribution in [3.05, 3.63) is 53.6 Å². The minimum Gasteiger partial charge on any atom is -0.340 e. The molecule has 106 valence electrons. The first kappa shape index (κ1) is 13.4. The van der Waals surface area contributed by atoms with E-state index in [-0.39, 0.29) is 0 Å². The highest BCUT2D eigenvalue weighted by Crippen LogP contribution is 2.40. The SMILES string of the molecule is CCCNC(CC1Cc2ccccc21)c1cn(C)cn1. The summed E-state index contributed by atoms with van der Waals surface area (Å²) in [4.78, 5) is 4.54. The summed E-state index contributed by atoms with van der Waals surface area (Å²) in [5, 5.41) is 3.65. The fourth-order valence-corrected chi connectivity index (χ4v) is 3.10. The van der Waals surface area contributed by atoms with E-state index >= 15 is 0 Å². The smallest absolute Gasteiger partial charge is 0.0947 e. The van der Waals surface area contributed by atoms with E-state index in [2.05, 4.69) is 47.7 Å². The third kappa shape index (κ3) is 2.63. The Hall–Kier alpha value is -1.61. The largest absolute Gasteiger partial charge is 0.340 e. The fourth-order valence-electron chi connectivity index (χ4n) is 3.10. The number of hydrogen-bond donors (Lipinski definition) is 1. The Kier molecular flexibility index (Phi) is 3.88. The highest BCUT2D eigenvalue weighted by Gasteiger charge is 2.29. The molecule has 3 heteroatoms. The van der Waals surface area contributed by atoms with Gasteiger partial charge in [0.1, 0.15) is 0 Å². The summed E-state index contributed by atoms with van der Waals surface area (Å²) in [7, 11) is 2.03. The molecule has 2 aromatic rings. The predicted molar refractivity (Wildman–Crippen MR) is 81.7 cm³/mol. The molecule has 0 radical (unpaired) electrons. The first-order chi connectivity index (χ1) is 9.78. The van der Waals surface area contributed by atoms with Crippen LogP contribution in [0.1, 0.15) is 48.5 Å². The quantitative estimate of drug-likeness (QED) is 0.873. The van der Waals surface area contributed by atoms with E-state index in [1.165, 1.54) is 23.2 Å². The molecule has 1 heterocycles. The number of nitrogens with one attached hydrogen (secondary N) is 1. The molecule has 0 aliphatic heterocycles. The Bertz CT molecular complexity index is 573. The zero-order valence-corrected chi connectivity index (χ0v) is 12.3. The van der Waals surface area contributed by atoms with E-state index in [1.807, 2.05) is 17.9 Å². The number of benzene rings is 1. The second-order valence-corrected chi connectivity index (χ2v) is 5.81. The molecule has 20 heavy (non-hydrogen) atoms. The van der Waals surface area contributed by atoms with Crippen molar-refractivity contribution in [2.45, 2.75) is 38.1 Å². The minimum absolute atomic E-state index is 0.370. The van der Waals surface area contributed by atoms with Crippen molar-refractivity contribution in [2.75, 3.05) is 6.54 Å². The van der Waals surface area contributed by atoms with Crippen LogP contribution in [-0.2, 0) is 13.5 Å². The van der Waals surface area contributed by atoms with Gasteiger partial charge in [0.15, 0.2) is 0 Å². The van der Waals surface area contributed by atoms with Crippen molar-refractivity contribution in [1.82, 2.24) is 14.9 Å². The molecular weight excluding hydrogens is 246 g/mol. The molecule has 1 aliphatic rings. The van der Waals surface area contributed by atoms with Crippen LogP contribution in [0.3, 0.4) is 0 Å². The van der Waals surface area contributed by atoms with Crippen LogP contribution >= 0.6 is 0 Å². The Labute approximate surface area is 121 Å². The lowest BCUT2D eigenvalue weighted by Gasteiger charge is -2.33. The monoisotopic (exact) mass is 269 g/mol. The van der Waals surface area contributed by atoms with Gasteiger partial charge in [0, 0.05) is 13.2 Å². The summed E-state index contributed by atoms with van der Waals surface area (Å²) in [6.45, 7) is 3.26. The number of hydrogen-bond acceptors (Lipinski definition) is 2. The predicted octanol–water partition coefficient (Wildman–Crippen LogP) is 3.19. The summed E-state index contributed by atoms with van der Waals surface area (Å²) < 4.78 is 2.03. The van der Waals surface area contributed by atoms with Crippen molar-refractivity contribution < 1.29 is 0 Å². The molecule has 3 rings (SSSR count). The third-order valence-electron chi connectivity index (χ3n) is 4.20. The third-order valence-corrected chi connectivity index (χ3v) is 4.20. The second kappa shape index (κ2) is 5.80. The molecule has 1 N–H and O–H groups in total. The summed E-state index contributed by atoms with van der Waals surface area (Å²) in [6.07, 6.45) is 7.55. The summed E-state index contributed by atoms with van der Waals surface area (Å²) in [5.74, 6) is 0.683. The van der Waals surface area contributed by atoms with Crippen LogP contribution in [0, 0.1) is 0 Å². The van der Waals surface area contributed by atoms with Gasteiger partial charge in [-0.1, -0.05) is 31.2 Å². The molecular formula is C17H23N3. The summed E-state index contributed by atoms with van der Waals surface area (Å²) >= 11 is 0. The van der Waals surface area contributed by atoms with Crippen molar-refractivity contribution in [3.8, 4) is 0 Å². The Morgan fingerprint density at radius 3 is 2.95 bits per heavy atom. The van der Waals surface area contributed by atoms with E-state index in [1.54, 1.807) is 0 Å². The van der Waals surface area contributed by atoms with Crippen LogP contribution in [0.25, 0.3) is 0 Å². The van der Waals surface area contributed by atoms with Crippen LogP contribution in [0.2, 0.25) is 0 Å². The van der Waals surface area contributed by atoms with Gasteiger partial charge in [0.25, 0.3) is 0 Å². The van der Waals surface area contributed by atoms with Crippen molar-refractivity contribution >= 4 is 0 Å². The fraction of sp³-hybridized carbons (Fsp3) is 0.471. The molecule has 3 nitrogen and oxygen atoms in total. The van der Waals surface area contributed by atoms with E-state index in [0.29, 0.717) is 12.0 Å². The van der Waals surface area contributed by atoms with Gasteiger partial charge >= 0.3 is 0 Å². The van der Waals surface area contributed by atoms with Gasteiger partial charge in [-0.05, 0) is 42.9 Å². The Balaban J connectivity index is 1.71. The lowest BCUT2D eigenvalue weighted by Crippen LogP contribution is -2.28. The molecule has 1 aromatic carbocycles. The number of nitrogens with zero attached hydrogens (tertiary/aromatic N) is 2. The van der Waals surface area contributed by atoms with Crippen LogP contribution < -0.4 is 5.32 Å². The van der Waals surface area contributed by atoms with Crippen LogP contribution in [0.5, 0.6) is 0 Å². The number of aromatic nitrogens is 2. The van der Waals surface area contributed by atoms with Crippen LogP contribution in [0.4, 0.5) is 0 Å². The lowest BCUT2D eigenvalue weighted by atomic mass is 9.74. The lowest BCUT2D eigenvalue weighted by molar-refractivity contribution is 0.422. The Morgan fingerprint density at radius 2 is 2.25 bits per heavy atom. The molecule has 0 bridgehead atoms. The topological polar surface area (TPSA) is 29.9 Å². The maximum Gasteiger partial charge on any atom is 0.0947 e. The van der Waals surface area contributed by atoms with Crippen molar-refractivity contribution in [1.29, 1.82) is 0 Å². The van der Waals surface area contributed by atoms with Gasteiger partial charge in [0.05, 0.1) is 18.1 Å². The maximum absolute atomic E-state index is 4.54. The van der Waals surface area contributed by atoms with Gasteiger partial charge in [-0.25, -0.2) is 4.98 Å². The van der Waals surface area contributed by atoms with Crippen molar-refractivity contribution in [2.24, 2.45) is 7.05 Å². The van der Waals surface area contributed by atoms with E-state index in [0.717, 1.165) is 19.4 Å². The standard InChI is InChI=1S/C17H23N3/c1-3-8-18-16(17-11-20(2)12-19-17)10-14-9-13-6-4-5-7-15(13)14/h4-7,11-12,14,16,18H,3,8-10H2,1-2H3. The average Bonchev–Trinajstić information content (AvgIpc) is 2.86. The van der Waals surface area contributed by atoms with Gasteiger partial charge in [-0.3, -0.25) is 0 Å². The normalized spacial score (nSPS) is 18.4. The molecule has 0 saturated carbocycles. The molecule has 0 fully saturated rings. The maximum atomic E-state index is 4.54.